The van der Waals surface area contributed by atoms with Gasteiger partial charge in [0.05, 0.1) is 22.1 Å². The third-order valence-corrected chi connectivity index (χ3v) is 7.42. The molecule has 1 saturated heterocycles. The van der Waals surface area contributed by atoms with Gasteiger partial charge in [0.25, 0.3) is 5.56 Å². The summed E-state index contributed by atoms with van der Waals surface area (Å²) in [6.07, 6.45) is 6.17. The molecule has 4 heterocycles. The molecule has 1 aliphatic rings. The molecule has 0 spiro atoms. The molecule has 2 unspecified atom stereocenters. The number of thiophene rings is 1. The van der Waals surface area contributed by atoms with Gasteiger partial charge in [0.1, 0.15) is 16.4 Å². The molecular weight excluding hydrogens is 406 g/mol. The summed E-state index contributed by atoms with van der Waals surface area (Å²) in [6.45, 7) is 5.64. The van der Waals surface area contributed by atoms with E-state index >= 15 is 0 Å². The number of hydrogen-bond donors (Lipinski definition) is 1. The summed E-state index contributed by atoms with van der Waals surface area (Å²) in [6, 6.07) is 3.64. The lowest BCUT2D eigenvalue weighted by atomic mass is 10.2. The van der Waals surface area contributed by atoms with Crippen molar-refractivity contribution in [2.45, 2.75) is 50.0 Å². The van der Waals surface area contributed by atoms with E-state index < -0.39 is 0 Å². The van der Waals surface area contributed by atoms with Crippen molar-refractivity contribution in [3.05, 3.63) is 40.0 Å². The number of likely N-dealkylation sites (tertiary alicyclic amines) is 1. The zero-order valence-corrected chi connectivity index (χ0v) is 18.3. The first-order chi connectivity index (χ1) is 14.0. The molecule has 1 fully saturated rings. The van der Waals surface area contributed by atoms with Crippen LogP contribution < -0.4 is 5.56 Å². The minimum Gasteiger partial charge on any atom is -0.464 e. The number of carbonyl (C=O) groups is 1. The molecule has 0 bridgehead atoms. The first kappa shape index (κ1) is 20.2. The lowest BCUT2D eigenvalue weighted by molar-refractivity contribution is -0.130. The third-order valence-electron chi connectivity index (χ3n) is 5.31. The fourth-order valence-corrected chi connectivity index (χ4v) is 5.80. The van der Waals surface area contributed by atoms with E-state index in [9.17, 15) is 9.59 Å². The number of aromatic amines is 1. The molecular formula is C21H25N3O3S2. The fourth-order valence-electron chi connectivity index (χ4n) is 3.75. The Morgan fingerprint density at radius 3 is 2.72 bits per heavy atom. The first-order valence-corrected chi connectivity index (χ1v) is 11.9. The molecule has 0 aliphatic carbocycles. The number of thioether (sulfide) groups is 1. The van der Waals surface area contributed by atoms with Gasteiger partial charge in [-0.2, -0.15) is 0 Å². The fraction of sp³-hybridized carbons (Fsp3) is 0.476. The van der Waals surface area contributed by atoms with Gasteiger partial charge in [-0.15, -0.1) is 23.1 Å². The molecule has 3 aromatic heterocycles. The van der Waals surface area contributed by atoms with Crippen LogP contribution in [0.1, 0.15) is 50.6 Å². The van der Waals surface area contributed by atoms with Gasteiger partial charge in [0, 0.05) is 24.0 Å². The molecule has 8 heteroatoms. The lowest BCUT2D eigenvalue weighted by Gasteiger charge is -2.25. The summed E-state index contributed by atoms with van der Waals surface area (Å²) in [7, 11) is 0. The van der Waals surface area contributed by atoms with Crippen LogP contribution in [0.2, 0.25) is 0 Å². The molecule has 0 radical (unpaired) electrons. The van der Waals surface area contributed by atoms with Crippen LogP contribution in [0.5, 0.6) is 0 Å². The maximum absolute atomic E-state index is 12.8. The van der Waals surface area contributed by atoms with E-state index in [0.717, 1.165) is 31.5 Å². The van der Waals surface area contributed by atoms with Crippen molar-refractivity contribution in [2.24, 2.45) is 0 Å². The number of amides is 1. The largest absolute Gasteiger partial charge is 0.464 e. The number of aromatic nitrogens is 2. The van der Waals surface area contributed by atoms with Gasteiger partial charge in [-0.25, -0.2) is 4.98 Å². The third kappa shape index (κ3) is 4.28. The molecule has 2 atom stereocenters. The van der Waals surface area contributed by atoms with Crippen molar-refractivity contribution in [3.8, 4) is 11.3 Å². The van der Waals surface area contributed by atoms with Gasteiger partial charge in [-0.3, -0.25) is 9.59 Å². The highest BCUT2D eigenvalue weighted by Crippen LogP contribution is 2.34. The molecule has 1 aliphatic heterocycles. The number of nitrogens with one attached hydrogen (secondary N) is 1. The second-order valence-electron chi connectivity index (χ2n) is 7.42. The summed E-state index contributed by atoms with van der Waals surface area (Å²) in [5.41, 5.74) is 0.594. The Labute approximate surface area is 177 Å². The van der Waals surface area contributed by atoms with Gasteiger partial charge < -0.3 is 14.3 Å². The van der Waals surface area contributed by atoms with E-state index in [4.69, 9.17) is 4.42 Å². The van der Waals surface area contributed by atoms with Crippen LogP contribution in [0.15, 0.2) is 33.0 Å². The second-order valence-corrected chi connectivity index (χ2v) is 9.96. The quantitative estimate of drug-likeness (QED) is 0.626. The number of carbonyl (C=O) groups excluding carboxylic acids is 1. The topological polar surface area (TPSA) is 79.2 Å². The standard InChI is InChI=1S/C21H25N3O3S2/c1-13(29-14(2)21(26)24-9-5-3-4-6-10-24)18-22-19(25)17-15(12-28-20(17)23-18)16-8-7-11-27-16/h7-8,11-14H,3-6,9-10H2,1-2H3,(H,22,23,25). The monoisotopic (exact) mass is 431 g/mol. The van der Waals surface area contributed by atoms with E-state index in [-0.39, 0.29) is 22.0 Å². The lowest BCUT2D eigenvalue weighted by Crippen LogP contribution is -2.37. The molecule has 4 rings (SSSR count). The van der Waals surface area contributed by atoms with Crippen molar-refractivity contribution < 1.29 is 9.21 Å². The normalized spacial score (nSPS) is 17.2. The minimum atomic E-state index is -0.175. The van der Waals surface area contributed by atoms with Gasteiger partial charge >= 0.3 is 0 Å². The molecule has 0 aromatic carbocycles. The molecule has 6 nitrogen and oxygen atoms in total. The molecule has 0 saturated carbocycles. The van der Waals surface area contributed by atoms with Crippen molar-refractivity contribution in [1.29, 1.82) is 0 Å². The average molecular weight is 432 g/mol. The first-order valence-electron chi connectivity index (χ1n) is 10.0. The summed E-state index contributed by atoms with van der Waals surface area (Å²) >= 11 is 2.98. The predicted molar refractivity (Wildman–Crippen MR) is 118 cm³/mol. The summed E-state index contributed by atoms with van der Waals surface area (Å²) in [4.78, 5) is 35.9. The van der Waals surface area contributed by atoms with Crippen molar-refractivity contribution in [2.75, 3.05) is 13.1 Å². The number of nitrogens with zero attached hydrogens (tertiary/aromatic N) is 2. The molecule has 1 amide bonds. The molecule has 3 aromatic rings. The van der Waals surface area contributed by atoms with Crippen molar-refractivity contribution in [3.63, 3.8) is 0 Å². The Balaban J connectivity index is 1.52. The van der Waals surface area contributed by atoms with Crippen LogP contribution >= 0.6 is 23.1 Å². The van der Waals surface area contributed by atoms with Crippen molar-refractivity contribution in [1.82, 2.24) is 14.9 Å². The van der Waals surface area contributed by atoms with Gasteiger partial charge in [0.15, 0.2) is 0 Å². The predicted octanol–water partition coefficient (Wildman–Crippen LogP) is 4.83. The average Bonchev–Trinajstić information content (AvgIpc) is 3.30. The SMILES string of the molecule is CC(SC(C)c1nc2scc(-c3ccco3)c2c(=O)[nH]1)C(=O)N1CCCCCC1. The maximum atomic E-state index is 12.8. The van der Waals surface area contributed by atoms with Gasteiger partial charge in [0.2, 0.25) is 5.91 Å². The Morgan fingerprint density at radius 1 is 1.28 bits per heavy atom. The van der Waals surface area contributed by atoms with Gasteiger partial charge in [-0.1, -0.05) is 12.8 Å². The second kappa shape index (κ2) is 8.75. The summed E-state index contributed by atoms with van der Waals surface area (Å²) in [5, 5.41) is 2.19. The molecule has 1 N–H and O–H groups in total. The highest BCUT2D eigenvalue weighted by Gasteiger charge is 2.25. The van der Waals surface area contributed by atoms with E-state index in [1.54, 1.807) is 24.1 Å². The van der Waals surface area contributed by atoms with Crippen LogP contribution in [0.4, 0.5) is 0 Å². The van der Waals surface area contributed by atoms with Gasteiger partial charge in [-0.05, 0) is 38.8 Å². The number of rotatable bonds is 5. The maximum Gasteiger partial charge on any atom is 0.260 e. The zero-order chi connectivity index (χ0) is 20.4. The van der Waals surface area contributed by atoms with Crippen molar-refractivity contribution >= 4 is 39.2 Å². The van der Waals surface area contributed by atoms with E-state index in [1.807, 2.05) is 30.2 Å². The Kier molecular flexibility index (Phi) is 6.10. The number of H-pyrrole nitrogens is 1. The zero-order valence-electron chi connectivity index (χ0n) is 16.6. The van der Waals surface area contributed by atoms with Crippen LogP contribution in [-0.4, -0.2) is 39.1 Å². The highest BCUT2D eigenvalue weighted by atomic mass is 32.2. The van der Waals surface area contributed by atoms with E-state index in [0.29, 0.717) is 21.8 Å². The van der Waals surface area contributed by atoms with Crippen LogP contribution in [0, 0.1) is 0 Å². The highest BCUT2D eigenvalue weighted by molar-refractivity contribution is 8.00. The smallest absolute Gasteiger partial charge is 0.260 e. The summed E-state index contributed by atoms with van der Waals surface area (Å²) < 4.78 is 5.44. The van der Waals surface area contributed by atoms with E-state index in [1.165, 1.54) is 24.2 Å². The minimum absolute atomic E-state index is 0.0906. The number of furan rings is 1. The van der Waals surface area contributed by atoms with Crippen LogP contribution in [-0.2, 0) is 4.79 Å². The van der Waals surface area contributed by atoms with E-state index in [2.05, 4.69) is 9.97 Å². The van der Waals surface area contributed by atoms with Crippen LogP contribution in [0.3, 0.4) is 0 Å². The Morgan fingerprint density at radius 2 is 2.03 bits per heavy atom. The number of hydrogen-bond acceptors (Lipinski definition) is 6. The molecule has 29 heavy (non-hydrogen) atoms. The molecule has 154 valence electrons. The summed E-state index contributed by atoms with van der Waals surface area (Å²) in [5.74, 6) is 1.45. The Bertz CT molecular complexity index is 1030. The Hall–Kier alpha value is -2.06. The van der Waals surface area contributed by atoms with Crippen LogP contribution in [0.25, 0.3) is 21.5 Å². The number of fused-ring (bicyclic) bond motifs is 1.